The fraction of sp³-hybridized carbons (Fsp3) is 0. The van der Waals surface area contributed by atoms with Gasteiger partial charge in [0.05, 0.1) is 22.3 Å². The van der Waals surface area contributed by atoms with Crippen molar-refractivity contribution in [2.24, 2.45) is 0 Å². The molecule has 0 saturated heterocycles. The van der Waals surface area contributed by atoms with Crippen molar-refractivity contribution in [1.29, 1.82) is 5.26 Å². The molecule has 72 valence electrons. The highest BCUT2D eigenvalue weighted by Crippen LogP contribution is 2.24. The van der Waals surface area contributed by atoms with Gasteiger partial charge in [-0.05, 0) is 24.3 Å². The molecule has 0 fully saturated rings. The van der Waals surface area contributed by atoms with Gasteiger partial charge in [0.25, 0.3) is 0 Å². The van der Waals surface area contributed by atoms with Crippen molar-refractivity contribution < 1.29 is 0 Å². The Labute approximate surface area is 92.8 Å². The fourth-order valence-electron chi connectivity index (χ4n) is 1.30. The van der Waals surface area contributed by atoms with Crippen LogP contribution in [0.15, 0.2) is 42.6 Å². The average molecular weight is 215 g/mol. The average Bonchev–Trinajstić information content (AvgIpc) is 2.30. The third kappa shape index (κ3) is 1.98. The molecule has 3 heteroatoms. The van der Waals surface area contributed by atoms with Crippen LogP contribution in [0, 0.1) is 11.3 Å². The first-order valence-electron chi connectivity index (χ1n) is 4.42. The van der Waals surface area contributed by atoms with Crippen molar-refractivity contribution in [3.8, 4) is 17.3 Å². The minimum absolute atomic E-state index is 0.613. The molecule has 0 N–H and O–H groups in total. The Morgan fingerprint density at radius 2 is 1.87 bits per heavy atom. The molecule has 0 atom stereocenters. The fourth-order valence-corrected chi connectivity index (χ4v) is 1.53. The highest BCUT2D eigenvalue weighted by atomic mass is 35.5. The molecular formula is C12H7ClN2. The number of rotatable bonds is 1. The summed E-state index contributed by atoms with van der Waals surface area (Å²) in [6.07, 6.45) is 1.69. The maximum atomic E-state index is 8.66. The Morgan fingerprint density at radius 1 is 1.13 bits per heavy atom. The van der Waals surface area contributed by atoms with Crippen LogP contribution >= 0.6 is 11.6 Å². The van der Waals surface area contributed by atoms with E-state index in [1.807, 2.05) is 12.1 Å². The van der Waals surface area contributed by atoms with Crippen LogP contribution in [0.2, 0.25) is 5.02 Å². The molecule has 0 aliphatic heterocycles. The van der Waals surface area contributed by atoms with E-state index < -0.39 is 0 Å². The minimum atomic E-state index is 0.613. The Kier molecular flexibility index (Phi) is 2.66. The van der Waals surface area contributed by atoms with Gasteiger partial charge in [-0.15, -0.1) is 0 Å². The van der Waals surface area contributed by atoms with Crippen molar-refractivity contribution in [2.75, 3.05) is 0 Å². The van der Waals surface area contributed by atoms with Gasteiger partial charge in [0.1, 0.15) is 0 Å². The number of halogens is 1. The van der Waals surface area contributed by atoms with Crippen LogP contribution < -0.4 is 0 Å². The summed E-state index contributed by atoms with van der Waals surface area (Å²) in [6, 6.07) is 12.8. The van der Waals surface area contributed by atoms with Gasteiger partial charge in [-0.3, -0.25) is 4.98 Å². The lowest BCUT2D eigenvalue weighted by molar-refractivity contribution is 1.32. The summed E-state index contributed by atoms with van der Waals surface area (Å²) < 4.78 is 0. The van der Waals surface area contributed by atoms with Gasteiger partial charge in [0, 0.05) is 11.8 Å². The van der Waals surface area contributed by atoms with Crippen molar-refractivity contribution in [1.82, 2.24) is 4.98 Å². The summed E-state index contributed by atoms with van der Waals surface area (Å²) in [5, 5.41) is 9.28. The first kappa shape index (κ1) is 9.70. The van der Waals surface area contributed by atoms with E-state index in [4.69, 9.17) is 16.9 Å². The molecule has 1 heterocycles. The van der Waals surface area contributed by atoms with Crippen molar-refractivity contribution in [2.45, 2.75) is 0 Å². The first-order chi connectivity index (χ1) is 7.31. The van der Waals surface area contributed by atoms with Crippen LogP contribution in [0.3, 0.4) is 0 Å². The van der Waals surface area contributed by atoms with E-state index in [0.717, 1.165) is 11.3 Å². The van der Waals surface area contributed by atoms with Gasteiger partial charge in [-0.2, -0.15) is 5.26 Å². The first-order valence-corrected chi connectivity index (χ1v) is 4.80. The maximum absolute atomic E-state index is 8.66. The SMILES string of the molecule is N#Cc1ccc(-c2ncccc2Cl)cc1. The molecule has 0 spiro atoms. The number of nitriles is 1. The second-order valence-corrected chi connectivity index (χ2v) is 3.43. The predicted molar refractivity (Wildman–Crippen MR) is 59.4 cm³/mol. The molecule has 0 radical (unpaired) electrons. The van der Waals surface area contributed by atoms with Gasteiger partial charge in [-0.1, -0.05) is 23.7 Å². The maximum Gasteiger partial charge on any atom is 0.0991 e. The number of benzene rings is 1. The summed E-state index contributed by atoms with van der Waals surface area (Å²) in [4.78, 5) is 4.19. The van der Waals surface area contributed by atoms with Crippen LogP contribution in [0.25, 0.3) is 11.3 Å². The Morgan fingerprint density at radius 3 is 2.47 bits per heavy atom. The van der Waals surface area contributed by atoms with E-state index in [0.29, 0.717) is 10.6 Å². The molecule has 0 aliphatic carbocycles. The van der Waals surface area contributed by atoms with Gasteiger partial charge >= 0.3 is 0 Å². The Hall–Kier alpha value is -1.85. The van der Waals surface area contributed by atoms with Gasteiger partial charge in [0.15, 0.2) is 0 Å². The van der Waals surface area contributed by atoms with Gasteiger partial charge in [-0.25, -0.2) is 0 Å². The third-order valence-corrected chi connectivity index (χ3v) is 2.35. The summed E-state index contributed by atoms with van der Waals surface area (Å²) in [6.45, 7) is 0. The molecule has 0 saturated carbocycles. The predicted octanol–water partition coefficient (Wildman–Crippen LogP) is 3.27. The monoisotopic (exact) mass is 214 g/mol. The largest absolute Gasteiger partial charge is 0.255 e. The Balaban J connectivity index is 2.47. The van der Waals surface area contributed by atoms with Crippen LogP contribution in [-0.4, -0.2) is 4.98 Å². The van der Waals surface area contributed by atoms with Crippen LogP contribution in [0.5, 0.6) is 0 Å². The highest BCUT2D eigenvalue weighted by molar-refractivity contribution is 6.33. The lowest BCUT2D eigenvalue weighted by Crippen LogP contribution is -1.84. The molecule has 0 bridgehead atoms. The second kappa shape index (κ2) is 4.12. The van der Waals surface area contributed by atoms with E-state index in [9.17, 15) is 0 Å². The number of aromatic nitrogens is 1. The number of nitrogens with zero attached hydrogens (tertiary/aromatic N) is 2. The quantitative estimate of drug-likeness (QED) is 0.731. The molecule has 2 aromatic rings. The molecule has 2 rings (SSSR count). The normalized spacial score (nSPS) is 9.60. The third-order valence-electron chi connectivity index (χ3n) is 2.05. The molecule has 15 heavy (non-hydrogen) atoms. The van der Waals surface area contributed by atoms with E-state index in [2.05, 4.69) is 11.1 Å². The van der Waals surface area contributed by atoms with E-state index in [1.54, 1.807) is 30.5 Å². The molecular weight excluding hydrogens is 208 g/mol. The number of hydrogen-bond donors (Lipinski definition) is 0. The van der Waals surface area contributed by atoms with Crippen LogP contribution in [0.4, 0.5) is 0 Å². The van der Waals surface area contributed by atoms with Crippen molar-refractivity contribution in [3.63, 3.8) is 0 Å². The minimum Gasteiger partial charge on any atom is -0.255 e. The Bertz CT molecular complexity index is 512. The van der Waals surface area contributed by atoms with Gasteiger partial charge < -0.3 is 0 Å². The summed E-state index contributed by atoms with van der Waals surface area (Å²) in [5.41, 5.74) is 2.29. The topological polar surface area (TPSA) is 36.7 Å². The zero-order chi connectivity index (χ0) is 10.7. The zero-order valence-corrected chi connectivity index (χ0v) is 8.57. The number of pyridine rings is 1. The van der Waals surface area contributed by atoms with Crippen LogP contribution in [0.1, 0.15) is 5.56 Å². The van der Waals surface area contributed by atoms with Gasteiger partial charge in [0.2, 0.25) is 0 Å². The summed E-state index contributed by atoms with van der Waals surface area (Å²) in [7, 11) is 0. The molecule has 1 aromatic heterocycles. The van der Waals surface area contributed by atoms with E-state index in [1.165, 1.54) is 0 Å². The number of hydrogen-bond acceptors (Lipinski definition) is 2. The van der Waals surface area contributed by atoms with Crippen molar-refractivity contribution >= 4 is 11.6 Å². The summed E-state index contributed by atoms with van der Waals surface area (Å²) in [5.74, 6) is 0. The van der Waals surface area contributed by atoms with E-state index in [-0.39, 0.29) is 0 Å². The molecule has 0 aliphatic rings. The van der Waals surface area contributed by atoms with E-state index >= 15 is 0 Å². The standard InChI is InChI=1S/C12H7ClN2/c13-11-2-1-7-15-12(11)10-5-3-9(8-14)4-6-10/h1-7H. The highest BCUT2D eigenvalue weighted by Gasteiger charge is 2.03. The lowest BCUT2D eigenvalue weighted by Gasteiger charge is -2.02. The lowest BCUT2D eigenvalue weighted by atomic mass is 10.1. The molecule has 1 aromatic carbocycles. The summed E-state index contributed by atoms with van der Waals surface area (Å²) >= 11 is 6.00. The second-order valence-electron chi connectivity index (χ2n) is 3.02. The molecule has 0 unspecified atom stereocenters. The smallest absolute Gasteiger partial charge is 0.0991 e. The zero-order valence-electron chi connectivity index (χ0n) is 7.81. The van der Waals surface area contributed by atoms with Crippen LogP contribution in [-0.2, 0) is 0 Å². The molecule has 2 nitrogen and oxygen atoms in total. The molecule has 0 amide bonds. The van der Waals surface area contributed by atoms with Crippen molar-refractivity contribution in [3.05, 3.63) is 53.2 Å².